The second kappa shape index (κ2) is 8.21. The molecular formula is C24H25FN2O2. The highest BCUT2D eigenvalue weighted by atomic mass is 19.1. The molecule has 5 heteroatoms. The fraction of sp³-hybridized carbons (Fsp3) is 0.292. The van der Waals surface area contributed by atoms with Crippen molar-refractivity contribution < 1.29 is 9.13 Å². The van der Waals surface area contributed by atoms with E-state index < -0.39 is 0 Å². The van der Waals surface area contributed by atoms with Crippen LogP contribution in [0.4, 0.5) is 10.1 Å². The zero-order valence-corrected chi connectivity index (χ0v) is 16.8. The lowest BCUT2D eigenvalue weighted by atomic mass is 9.91. The van der Waals surface area contributed by atoms with Gasteiger partial charge in [0.05, 0.1) is 0 Å². The first-order valence-electron chi connectivity index (χ1n) is 9.91. The van der Waals surface area contributed by atoms with E-state index in [1.807, 2.05) is 25.3 Å². The minimum Gasteiger partial charge on any atom is -0.362 e. The lowest BCUT2D eigenvalue weighted by Crippen LogP contribution is -2.18. The van der Waals surface area contributed by atoms with Crippen LogP contribution in [0.5, 0.6) is 0 Å². The molecule has 0 atom stereocenters. The fourth-order valence-corrected chi connectivity index (χ4v) is 3.93. The van der Waals surface area contributed by atoms with E-state index in [1.54, 1.807) is 23.7 Å². The Morgan fingerprint density at radius 3 is 2.86 bits per heavy atom. The highest BCUT2D eigenvalue weighted by Crippen LogP contribution is 2.32. The molecule has 1 N–H and O–H groups in total. The minimum absolute atomic E-state index is 0.00509. The molecule has 2 heterocycles. The summed E-state index contributed by atoms with van der Waals surface area (Å²) in [5, 5.41) is 3.36. The minimum atomic E-state index is -0.236. The van der Waals surface area contributed by atoms with Crippen molar-refractivity contribution in [2.24, 2.45) is 7.05 Å². The number of halogens is 1. The van der Waals surface area contributed by atoms with Crippen molar-refractivity contribution in [3.8, 4) is 11.1 Å². The molecule has 3 aromatic rings. The molecule has 0 saturated carbocycles. The van der Waals surface area contributed by atoms with E-state index in [0.717, 1.165) is 47.4 Å². The summed E-state index contributed by atoms with van der Waals surface area (Å²) in [6.45, 7) is 3.04. The largest absolute Gasteiger partial charge is 0.362 e. The molecule has 1 aromatic heterocycles. The molecular weight excluding hydrogens is 367 g/mol. The average Bonchev–Trinajstić information content (AvgIpc) is 2.67. The molecule has 0 bridgehead atoms. The van der Waals surface area contributed by atoms with Gasteiger partial charge in [0.2, 0.25) is 0 Å². The molecule has 2 aromatic carbocycles. The van der Waals surface area contributed by atoms with Gasteiger partial charge in [-0.25, -0.2) is 4.39 Å². The third-order valence-electron chi connectivity index (χ3n) is 5.39. The van der Waals surface area contributed by atoms with E-state index in [1.165, 1.54) is 11.6 Å². The van der Waals surface area contributed by atoms with Gasteiger partial charge >= 0.3 is 0 Å². The smallest absolute Gasteiger partial charge is 0.253 e. The van der Waals surface area contributed by atoms with E-state index in [2.05, 4.69) is 17.4 Å². The number of anilines is 1. The summed E-state index contributed by atoms with van der Waals surface area (Å²) in [7, 11) is 1.78. The standard InChI is InChI=1S/C24H25FN2O2/c1-16-9-20(14-27(2)24(16)28)22-12-18-6-4-8-29-15-26-23(18)13-19(22)10-17-5-3-7-21(25)11-17/h3,5,7,9,11-14,26H,4,6,8,10,15H2,1-2H3. The number of hydrogen-bond donors (Lipinski definition) is 1. The Morgan fingerprint density at radius 2 is 2.07 bits per heavy atom. The zero-order valence-electron chi connectivity index (χ0n) is 16.8. The Balaban J connectivity index is 1.86. The zero-order chi connectivity index (χ0) is 20.4. The van der Waals surface area contributed by atoms with Crippen molar-refractivity contribution in [2.75, 3.05) is 18.7 Å². The van der Waals surface area contributed by atoms with Crippen molar-refractivity contribution in [1.82, 2.24) is 4.57 Å². The highest BCUT2D eigenvalue weighted by Gasteiger charge is 2.15. The first-order chi connectivity index (χ1) is 14.0. The Labute approximate surface area is 170 Å². The topological polar surface area (TPSA) is 43.3 Å². The van der Waals surface area contributed by atoms with E-state index in [-0.39, 0.29) is 11.4 Å². The summed E-state index contributed by atoms with van der Waals surface area (Å²) in [5.41, 5.74) is 7.08. The van der Waals surface area contributed by atoms with E-state index >= 15 is 0 Å². The second-order valence-electron chi connectivity index (χ2n) is 7.63. The molecule has 0 fully saturated rings. The lowest BCUT2D eigenvalue weighted by molar-refractivity contribution is 0.147. The quantitative estimate of drug-likeness (QED) is 0.717. The van der Waals surface area contributed by atoms with Crippen molar-refractivity contribution >= 4 is 5.69 Å². The van der Waals surface area contributed by atoms with Crippen LogP contribution in [0.25, 0.3) is 11.1 Å². The van der Waals surface area contributed by atoms with Crippen molar-refractivity contribution in [3.05, 3.63) is 87.1 Å². The van der Waals surface area contributed by atoms with Crippen LogP contribution in [0.15, 0.2) is 53.5 Å². The first-order valence-corrected chi connectivity index (χ1v) is 9.91. The summed E-state index contributed by atoms with van der Waals surface area (Å²) in [6.07, 6.45) is 4.36. The first kappa shape index (κ1) is 19.4. The highest BCUT2D eigenvalue weighted by molar-refractivity contribution is 5.73. The van der Waals surface area contributed by atoms with Crippen LogP contribution in [0.1, 0.15) is 28.7 Å². The number of rotatable bonds is 3. The SMILES string of the molecule is Cc1cc(-c2cc3c(cc2Cc2cccc(F)c2)NCOCCC3)cn(C)c1=O. The van der Waals surface area contributed by atoms with Crippen LogP contribution < -0.4 is 10.9 Å². The molecule has 1 aliphatic rings. The number of benzene rings is 2. The summed E-state index contributed by atoms with van der Waals surface area (Å²) >= 11 is 0. The van der Waals surface area contributed by atoms with Gasteiger partial charge < -0.3 is 14.6 Å². The van der Waals surface area contributed by atoms with Crippen molar-refractivity contribution in [3.63, 3.8) is 0 Å². The third kappa shape index (κ3) is 4.25. The molecule has 1 aliphatic heterocycles. The van der Waals surface area contributed by atoms with Crippen molar-refractivity contribution in [1.29, 1.82) is 0 Å². The lowest BCUT2D eigenvalue weighted by Gasteiger charge is -2.21. The predicted molar refractivity (Wildman–Crippen MR) is 114 cm³/mol. The number of hydrogen-bond acceptors (Lipinski definition) is 3. The van der Waals surface area contributed by atoms with Gasteiger partial charge in [-0.3, -0.25) is 4.79 Å². The summed E-state index contributed by atoms with van der Waals surface area (Å²) < 4.78 is 20.9. The molecule has 0 spiro atoms. The van der Waals surface area contributed by atoms with Gasteiger partial charge in [0.25, 0.3) is 5.56 Å². The maximum atomic E-state index is 13.7. The normalized spacial score (nSPS) is 13.9. The van der Waals surface area contributed by atoms with Crippen LogP contribution in [0.3, 0.4) is 0 Å². The number of aromatic nitrogens is 1. The van der Waals surface area contributed by atoms with Gasteiger partial charge in [0.1, 0.15) is 12.5 Å². The second-order valence-corrected chi connectivity index (χ2v) is 7.63. The molecule has 0 radical (unpaired) electrons. The Bertz CT molecular complexity index is 1080. The van der Waals surface area contributed by atoms with Gasteiger partial charge in [-0.1, -0.05) is 12.1 Å². The molecule has 4 nitrogen and oxygen atoms in total. The van der Waals surface area contributed by atoms with Crippen molar-refractivity contribution in [2.45, 2.75) is 26.2 Å². The fourth-order valence-electron chi connectivity index (χ4n) is 3.93. The molecule has 0 aliphatic carbocycles. The Hall–Kier alpha value is -2.92. The van der Waals surface area contributed by atoms with E-state index in [9.17, 15) is 9.18 Å². The van der Waals surface area contributed by atoms with Crippen LogP contribution >= 0.6 is 0 Å². The Kier molecular flexibility index (Phi) is 5.49. The van der Waals surface area contributed by atoms with E-state index in [0.29, 0.717) is 18.7 Å². The molecule has 0 saturated heterocycles. The third-order valence-corrected chi connectivity index (χ3v) is 5.39. The maximum absolute atomic E-state index is 13.7. The van der Waals surface area contributed by atoms with Gasteiger partial charge in [0, 0.05) is 31.1 Å². The van der Waals surface area contributed by atoms with Crippen LogP contribution in [-0.2, 0) is 24.6 Å². The summed E-state index contributed by atoms with van der Waals surface area (Å²) in [5.74, 6) is -0.236. The molecule has 0 amide bonds. The molecule has 4 rings (SSSR count). The number of fused-ring (bicyclic) bond motifs is 1. The average molecular weight is 392 g/mol. The van der Waals surface area contributed by atoms with E-state index in [4.69, 9.17) is 4.74 Å². The van der Waals surface area contributed by atoms with Crippen LogP contribution in [0.2, 0.25) is 0 Å². The van der Waals surface area contributed by atoms with Crippen LogP contribution in [0, 0.1) is 12.7 Å². The predicted octanol–water partition coefficient (Wildman–Crippen LogP) is 4.42. The monoisotopic (exact) mass is 392 g/mol. The maximum Gasteiger partial charge on any atom is 0.253 e. The molecule has 0 unspecified atom stereocenters. The number of nitrogens with zero attached hydrogens (tertiary/aromatic N) is 1. The van der Waals surface area contributed by atoms with Crippen LogP contribution in [-0.4, -0.2) is 17.9 Å². The molecule has 29 heavy (non-hydrogen) atoms. The van der Waals surface area contributed by atoms with Gasteiger partial charge in [-0.2, -0.15) is 0 Å². The van der Waals surface area contributed by atoms with Gasteiger partial charge in [0.15, 0.2) is 0 Å². The number of nitrogens with one attached hydrogen (secondary N) is 1. The van der Waals surface area contributed by atoms with Gasteiger partial charge in [-0.15, -0.1) is 0 Å². The number of ether oxygens (including phenoxy) is 1. The van der Waals surface area contributed by atoms with Gasteiger partial charge in [-0.05, 0) is 84.3 Å². The number of pyridine rings is 1. The molecule has 150 valence electrons. The Morgan fingerprint density at radius 1 is 1.21 bits per heavy atom. The summed E-state index contributed by atoms with van der Waals surface area (Å²) in [4.78, 5) is 12.2. The number of aryl methyl sites for hydroxylation is 3. The summed E-state index contributed by atoms with van der Waals surface area (Å²) in [6, 6.07) is 13.0.